The van der Waals surface area contributed by atoms with Crippen LogP contribution in [0.5, 0.6) is 5.75 Å². The molecule has 3 rings (SSSR count). The molecule has 0 aromatic heterocycles. The highest BCUT2D eigenvalue weighted by Crippen LogP contribution is 2.41. The van der Waals surface area contributed by atoms with E-state index in [0.29, 0.717) is 23.3 Å². The van der Waals surface area contributed by atoms with E-state index in [1.54, 1.807) is 18.2 Å². The third kappa shape index (κ3) is 2.60. The van der Waals surface area contributed by atoms with Crippen LogP contribution in [-0.4, -0.2) is 44.1 Å². The van der Waals surface area contributed by atoms with Gasteiger partial charge in [0.1, 0.15) is 10.6 Å². The Bertz CT molecular complexity index is 648. The second kappa shape index (κ2) is 5.53. The number of fused-ring (bicyclic) bond motifs is 1. The van der Waals surface area contributed by atoms with Crippen LogP contribution in [0.2, 0.25) is 0 Å². The van der Waals surface area contributed by atoms with Gasteiger partial charge in [-0.2, -0.15) is 4.31 Å². The molecular formula is C14H18BrNO4S. The van der Waals surface area contributed by atoms with Crippen LogP contribution in [0.4, 0.5) is 0 Å². The van der Waals surface area contributed by atoms with E-state index in [-0.39, 0.29) is 22.8 Å². The summed E-state index contributed by atoms with van der Waals surface area (Å²) in [5.41, 5.74) is 0. The summed E-state index contributed by atoms with van der Waals surface area (Å²) in [6.45, 7) is 0.879. The van der Waals surface area contributed by atoms with E-state index >= 15 is 0 Å². The molecular weight excluding hydrogens is 358 g/mol. The van der Waals surface area contributed by atoms with Crippen LogP contribution in [0.3, 0.4) is 0 Å². The first-order valence-corrected chi connectivity index (χ1v) is 9.18. The SMILES string of the molecule is COc1ccc(Br)cc1S(=O)(=O)N1CC2CCC(O)C2C1. The second-order valence-corrected chi connectivity index (χ2v) is 8.51. The Hall–Kier alpha value is -0.630. The van der Waals surface area contributed by atoms with Gasteiger partial charge in [0.2, 0.25) is 10.0 Å². The lowest BCUT2D eigenvalue weighted by atomic mass is 10.00. The number of aliphatic hydroxyl groups is 1. The van der Waals surface area contributed by atoms with Crippen molar-refractivity contribution >= 4 is 26.0 Å². The number of halogens is 1. The zero-order valence-electron chi connectivity index (χ0n) is 11.7. The van der Waals surface area contributed by atoms with Crippen molar-refractivity contribution in [2.24, 2.45) is 11.8 Å². The highest BCUT2D eigenvalue weighted by atomic mass is 79.9. The Morgan fingerprint density at radius 2 is 2.10 bits per heavy atom. The molecule has 1 saturated carbocycles. The predicted molar refractivity (Wildman–Crippen MR) is 81.7 cm³/mol. The molecule has 2 aliphatic rings. The van der Waals surface area contributed by atoms with Gasteiger partial charge in [-0.3, -0.25) is 0 Å². The maximum absolute atomic E-state index is 12.8. The lowest BCUT2D eigenvalue weighted by Gasteiger charge is -2.20. The first-order valence-electron chi connectivity index (χ1n) is 6.95. The van der Waals surface area contributed by atoms with Crippen molar-refractivity contribution in [2.45, 2.75) is 23.8 Å². The summed E-state index contributed by atoms with van der Waals surface area (Å²) in [4.78, 5) is 0.175. The number of hydrogen-bond donors (Lipinski definition) is 1. The van der Waals surface area contributed by atoms with E-state index in [1.165, 1.54) is 11.4 Å². The normalized spacial score (nSPS) is 29.6. The molecule has 1 N–H and O–H groups in total. The predicted octanol–water partition coefficient (Wildman–Crippen LogP) is 1.85. The summed E-state index contributed by atoms with van der Waals surface area (Å²) in [6, 6.07) is 4.96. The maximum Gasteiger partial charge on any atom is 0.246 e. The standard InChI is InChI=1S/C14H18BrNO4S/c1-20-13-5-3-10(15)6-14(13)21(18,19)16-7-9-2-4-12(17)11(9)8-16/h3,5-6,9,11-12,17H,2,4,7-8H2,1H3. The second-order valence-electron chi connectivity index (χ2n) is 5.69. The number of methoxy groups -OCH3 is 1. The summed E-state index contributed by atoms with van der Waals surface area (Å²) in [5.74, 6) is 0.682. The van der Waals surface area contributed by atoms with Crippen LogP contribution in [0.1, 0.15) is 12.8 Å². The molecule has 116 valence electrons. The summed E-state index contributed by atoms with van der Waals surface area (Å²) < 4.78 is 33.1. The Morgan fingerprint density at radius 1 is 1.33 bits per heavy atom. The Balaban J connectivity index is 1.93. The molecule has 1 aromatic rings. The summed E-state index contributed by atoms with van der Waals surface area (Å²) in [5, 5.41) is 9.94. The van der Waals surface area contributed by atoms with Gasteiger partial charge in [-0.1, -0.05) is 15.9 Å². The average molecular weight is 376 g/mol. The fourth-order valence-electron chi connectivity index (χ4n) is 3.38. The van der Waals surface area contributed by atoms with Crippen molar-refractivity contribution in [3.05, 3.63) is 22.7 Å². The minimum absolute atomic E-state index is 0.0675. The van der Waals surface area contributed by atoms with Crippen LogP contribution >= 0.6 is 15.9 Å². The molecule has 1 aliphatic carbocycles. The van der Waals surface area contributed by atoms with E-state index in [2.05, 4.69) is 15.9 Å². The Morgan fingerprint density at radius 3 is 2.76 bits per heavy atom. The van der Waals surface area contributed by atoms with Gasteiger partial charge in [0.05, 0.1) is 13.2 Å². The minimum Gasteiger partial charge on any atom is -0.495 e. The fraction of sp³-hybridized carbons (Fsp3) is 0.571. The van der Waals surface area contributed by atoms with Gasteiger partial charge >= 0.3 is 0 Å². The van der Waals surface area contributed by atoms with E-state index < -0.39 is 10.0 Å². The first-order chi connectivity index (χ1) is 9.93. The number of aliphatic hydroxyl groups excluding tert-OH is 1. The van der Waals surface area contributed by atoms with Gasteiger partial charge < -0.3 is 9.84 Å². The average Bonchev–Trinajstić information content (AvgIpc) is 3.02. The number of sulfonamides is 1. The summed E-state index contributed by atoms with van der Waals surface area (Å²) >= 11 is 3.31. The van der Waals surface area contributed by atoms with Crippen LogP contribution < -0.4 is 4.74 Å². The maximum atomic E-state index is 12.8. The van der Waals surface area contributed by atoms with Crippen LogP contribution in [0.25, 0.3) is 0 Å². The van der Waals surface area contributed by atoms with Gasteiger partial charge in [0.15, 0.2) is 0 Å². The van der Waals surface area contributed by atoms with Crippen molar-refractivity contribution < 1.29 is 18.3 Å². The topological polar surface area (TPSA) is 66.8 Å². The molecule has 1 saturated heterocycles. The highest BCUT2D eigenvalue weighted by molar-refractivity contribution is 9.10. The Labute approximate surface area is 133 Å². The van der Waals surface area contributed by atoms with Crippen molar-refractivity contribution in [3.8, 4) is 5.75 Å². The molecule has 0 bridgehead atoms. The first kappa shape index (κ1) is 15.3. The number of benzene rings is 1. The van der Waals surface area contributed by atoms with E-state index in [9.17, 15) is 13.5 Å². The number of rotatable bonds is 3. The quantitative estimate of drug-likeness (QED) is 0.875. The van der Waals surface area contributed by atoms with Gasteiger partial charge in [0, 0.05) is 23.5 Å². The lowest BCUT2D eigenvalue weighted by Crippen LogP contribution is -2.31. The zero-order chi connectivity index (χ0) is 15.2. The molecule has 0 spiro atoms. The van der Waals surface area contributed by atoms with Crippen LogP contribution in [0.15, 0.2) is 27.6 Å². The smallest absolute Gasteiger partial charge is 0.246 e. The van der Waals surface area contributed by atoms with Gasteiger partial charge in [0.25, 0.3) is 0 Å². The lowest BCUT2D eigenvalue weighted by molar-refractivity contribution is 0.129. The summed E-state index contributed by atoms with van der Waals surface area (Å²) in [6.07, 6.45) is 1.30. The molecule has 7 heteroatoms. The Kier molecular flexibility index (Phi) is 4.02. The zero-order valence-corrected chi connectivity index (χ0v) is 14.1. The van der Waals surface area contributed by atoms with E-state index in [0.717, 1.165) is 12.8 Å². The van der Waals surface area contributed by atoms with Crippen molar-refractivity contribution in [2.75, 3.05) is 20.2 Å². The van der Waals surface area contributed by atoms with Gasteiger partial charge in [-0.15, -0.1) is 0 Å². The molecule has 3 atom stereocenters. The molecule has 5 nitrogen and oxygen atoms in total. The molecule has 2 fully saturated rings. The fourth-order valence-corrected chi connectivity index (χ4v) is 5.61. The third-order valence-electron chi connectivity index (χ3n) is 4.53. The molecule has 3 unspecified atom stereocenters. The number of ether oxygens (including phenoxy) is 1. The molecule has 1 heterocycles. The van der Waals surface area contributed by atoms with Crippen molar-refractivity contribution in [3.63, 3.8) is 0 Å². The molecule has 21 heavy (non-hydrogen) atoms. The third-order valence-corrected chi connectivity index (χ3v) is 6.88. The van der Waals surface area contributed by atoms with E-state index in [1.807, 2.05) is 0 Å². The van der Waals surface area contributed by atoms with Gasteiger partial charge in [-0.25, -0.2) is 8.42 Å². The minimum atomic E-state index is -3.60. The van der Waals surface area contributed by atoms with Crippen molar-refractivity contribution in [1.82, 2.24) is 4.31 Å². The largest absolute Gasteiger partial charge is 0.495 e. The van der Waals surface area contributed by atoms with Crippen LogP contribution in [-0.2, 0) is 10.0 Å². The number of nitrogens with zero attached hydrogens (tertiary/aromatic N) is 1. The van der Waals surface area contributed by atoms with Crippen LogP contribution in [0, 0.1) is 11.8 Å². The molecule has 0 amide bonds. The monoisotopic (exact) mass is 375 g/mol. The van der Waals surface area contributed by atoms with Crippen molar-refractivity contribution in [1.29, 1.82) is 0 Å². The number of hydrogen-bond acceptors (Lipinski definition) is 4. The van der Waals surface area contributed by atoms with Gasteiger partial charge in [-0.05, 0) is 37.0 Å². The summed E-state index contributed by atoms with van der Waals surface area (Å²) in [7, 11) is -2.14. The molecule has 1 aliphatic heterocycles. The molecule has 1 aromatic carbocycles. The molecule has 0 radical (unpaired) electrons. The van der Waals surface area contributed by atoms with E-state index in [4.69, 9.17) is 4.74 Å². The highest BCUT2D eigenvalue weighted by Gasteiger charge is 2.46.